The molecular weight excluding hydrogens is 598 g/mol. The molecule has 0 bridgehead atoms. The average Bonchev–Trinajstić information content (AvgIpc) is 3.85. The standard InChI is InChI=1S/C19H28N4O3.C11H16N4O.C3H6.CHN/c1-3-21-16(24)7-6-15-17(19(25)22-10-4-5-13(22)2)20-23(18(15)21)14-8-11-26-12-9-14;1-14-4-6-15(7-5-14)9-2-3-10(11(12)16)13-8-9;1-2-3-1;1-2/h13-14H,3-12H2,1-2H3;2-3,8H,4-7H2,1H3,(H2,12,16);1-3H2;1H. The third kappa shape index (κ3) is 9.08. The van der Waals surface area contributed by atoms with Crippen LogP contribution in [0.4, 0.5) is 11.5 Å². The molecule has 4 aliphatic heterocycles. The third-order valence-corrected chi connectivity index (χ3v) is 9.22. The Bertz CT molecular complexity index is 1360. The molecule has 256 valence electrons. The quantitative estimate of drug-likeness (QED) is 0.513. The van der Waals surface area contributed by atoms with Crippen LogP contribution < -0.4 is 15.5 Å². The second-order valence-electron chi connectivity index (χ2n) is 12.7. The molecule has 0 radical (unpaired) electrons. The molecule has 13 heteroatoms. The van der Waals surface area contributed by atoms with Crippen molar-refractivity contribution < 1.29 is 19.1 Å². The van der Waals surface area contributed by atoms with Gasteiger partial charge in [-0.3, -0.25) is 19.3 Å². The second kappa shape index (κ2) is 17.2. The Hall–Kier alpha value is -4.02. The van der Waals surface area contributed by atoms with Gasteiger partial charge in [0.05, 0.1) is 17.9 Å². The zero-order chi connectivity index (χ0) is 33.9. The molecular formula is C34H51N9O4. The van der Waals surface area contributed by atoms with E-state index in [1.165, 1.54) is 19.3 Å². The summed E-state index contributed by atoms with van der Waals surface area (Å²) in [6.07, 6.45) is 11.1. The number of amides is 3. The molecule has 47 heavy (non-hydrogen) atoms. The van der Waals surface area contributed by atoms with E-state index in [9.17, 15) is 14.4 Å². The van der Waals surface area contributed by atoms with E-state index >= 15 is 0 Å². The molecule has 0 spiro atoms. The first-order valence-electron chi connectivity index (χ1n) is 17.0. The fourth-order valence-corrected chi connectivity index (χ4v) is 6.30. The molecule has 2 aromatic heterocycles. The van der Waals surface area contributed by atoms with Crippen LogP contribution in [-0.4, -0.2) is 108 Å². The molecule has 6 heterocycles. The van der Waals surface area contributed by atoms with Gasteiger partial charge in [-0.1, -0.05) is 19.3 Å². The van der Waals surface area contributed by atoms with Crippen molar-refractivity contribution in [3.05, 3.63) is 35.3 Å². The van der Waals surface area contributed by atoms with Gasteiger partial charge in [0.15, 0.2) is 5.69 Å². The maximum Gasteiger partial charge on any atom is 0.274 e. The van der Waals surface area contributed by atoms with E-state index in [0.717, 1.165) is 75.5 Å². The van der Waals surface area contributed by atoms with Gasteiger partial charge in [-0.2, -0.15) is 5.10 Å². The summed E-state index contributed by atoms with van der Waals surface area (Å²) in [5.41, 5.74) is 8.03. The third-order valence-electron chi connectivity index (χ3n) is 9.22. The fraction of sp³-hybridized carbons (Fsp3) is 0.647. The van der Waals surface area contributed by atoms with Crippen LogP contribution in [0.1, 0.15) is 97.8 Å². The molecule has 7 rings (SSSR count). The molecule has 2 N–H and O–H groups in total. The van der Waals surface area contributed by atoms with Crippen molar-refractivity contribution in [2.45, 2.75) is 83.7 Å². The number of carbonyl (C=O) groups excluding carboxylic acids is 3. The molecule has 2 aromatic rings. The average molecular weight is 650 g/mol. The van der Waals surface area contributed by atoms with Gasteiger partial charge in [-0.05, 0) is 65.1 Å². The van der Waals surface area contributed by atoms with Crippen molar-refractivity contribution >= 4 is 29.2 Å². The minimum atomic E-state index is -0.482. The number of nitriles is 1. The number of primary amides is 1. The maximum atomic E-state index is 13.2. The van der Waals surface area contributed by atoms with Crippen LogP contribution in [0.3, 0.4) is 0 Å². The van der Waals surface area contributed by atoms with E-state index < -0.39 is 5.91 Å². The first-order chi connectivity index (χ1) is 22.8. The minimum Gasteiger partial charge on any atom is -0.381 e. The van der Waals surface area contributed by atoms with E-state index in [2.05, 4.69) is 35.3 Å². The summed E-state index contributed by atoms with van der Waals surface area (Å²) in [5.74, 6) is 0.528. The SMILES string of the molecule is C#N.C1CC1.CCN1C(=O)CCc2c(C(=O)N3CCCC3C)nn(C3CCOCC3)c21.CN1CCN(c2ccc(C(N)=O)nc2)CC1. The van der Waals surface area contributed by atoms with Gasteiger partial charge < -0.3 is 25.2 Å². The molecule has 1 saturated carbocycles. The van der Waals surface area contributed by atoms with Gasteiger partial charge in [0.25, 0.3) is 11.8 Å². The van der Waals surface area contributed by atoms with Crippen LogP contribution in [0.15, 0.2) is 18.3 Å². The van der Waals surface area contributed by atoms with Crippen LogP contribution in [0.25, 0.3) is 0 Å². The van der Waals surface area contributed by atoms with Crippen LogP contribution >= 0.6 is 0 Å². The van der Waals surface area contributed by atoms with Crippen molar-refractivity contribution in [3.63, 3.8) is 0 Å². The molecule has 3 amide bonds. The van der Waals surface area contributed by atoms with Gasteiger partial charge in [0, 0.05) is 77.1 Å². The highest BCUT2D eigenvalue weighted by molar-refractivity contribution is 6.01. The number of pyridine rings is 1. The molecule has 1 aliphatic carbocycles. The van der Waals surface area contributed by atoms with E-state index in [4.69, 9.17) is 20.8 Å². The number of fused-ring (bicyclic) bond motifs is 1. The minimum absolute atomic E-state index is 0.0301. The summed E-state index contributed by atoms with van der Waals surface area (Å²) in [7, 11) is 2.12. The Balaban J connectivity index is 0.000000202. The molecule has 4 fully saturated rings. The predicted molar refractivity (Wildman–Crippen MR) is 180 cm³/mol. The summed E-state index contributed by atoms with van der Waals surface area (Å²) in [6, 6.07) is 4.03. The highest BCUT2D eigenvalue weighted by atomic mass is 16.5. The first kappa shape index (κ1) is 35.8. The zero-order valence-electron chi connectivity index (χ0n) is 28.3. The summed E-state index contributed by atoms with van der Waals surface area (Å²) in [5, 5.41) is 11.3. The lowest BCUT2D eigenvalue weighted by molar-refractivity contribution is -0.118. The van der Waals surface area contributed by atoms with Gasteiger partial charge in [-0.15, -0.1) is 0 Å². The number of likely N-dealkylation sites (tertiary alicyclic amines) is 1. The summed E-state index contributed by atoms with van der Waals surface area (Å²) in [4.78, 5) is 48.9. The Kier molecular flexibility index (Phi) is 13.1. The molecule has 1 unspecified atom stereocenters. The lowest BCUT2D eigenvalue weighted by atomic mass is 10.0. The van der Waals surface area contributed by atoms with Crippen molar-refractivity contribution in [1.82, 2.24) is 24.6 Å². The smallest absolute Gasteiger partial charge is 0.274 e. The van der Waals surface area contributed by atoms with Crippen molar-refractivity contribution in [2.75, 3.05) is 69.3 Å². The Morgan fingerprint density at radius 2 is 1.68 bits per heavy atom. The largest absolute Gasteiger partial charge is 0.381 e. The number of aromatic nitrogens is 3. The predicted octanol–water partition coefficient (Wildman–Crippen LogP) is 3.40. The number of piperazine rings is 1. The molecule has 3 saturated heterocycles. The highest BCUT2D eigenvalue weighted by Crippen LogP contribution is 2.36. The number of rotatable bonds is 5. The highest BCUT2D eigenvalue weighted by Gasteiger charge is 2.37. The first-order valence-corrected chi connectivity index (χ1v) is 17.0. The van der Waals surface area contributed by atoms with E-state index in [-0.39, 0.29) is 23.9 Å². The fourth-order valence-electron chi connectivity index (χ4n) is 6.30. The van der Waals surface area contributed by atoms with Crippen molar-refractivity contribution in [1.29, 1.82) is 5.26 Å². The Morgan fingerprint density at radius 1 is 1.00 bits per heavy atom. The van der Waals surface area contributed by atoms with Crippen LogP contribution in [0.5, 0.6) is 0 Å². The summed E-state index contributed by atoms with van der Waals surface area (Å²) in [6.45, 7) is 14.5. The van der Waals surface area contributed by atoms with Crippen molar-refractivity contribution in [2.24, 2.45) is 5.73 Å². The summed E-state index contributed by atoms with van der Waals surface area (Å²) >= 11 is 0. The zero-order valence-corrected chi connectivity index (χ0v) is 28.3. The lowest BCUT2D eigenvalue weighted by Crippen LogP contribution is -2.44. The monoisotopic (exact) mass is 649 g/mol. The van der Waals surface area contributed by atoms with Crippen LogP contribution in [-0.2, 0) is 16.0 Å². The Morgan fingerprint density at radius 3 is 2.21 bits per heavy atom. The topological polar surface area (TPSA) is 154 Å². The number of likely N-dealkylation sites (N-methyl/N-ethyl adjacent to an activating group) is 1. The van der Waals surface area contributed by atoms with Gasteiger partial charge in [0.2, 0.25) is 5.91 Å². The van der Waals surface area contributed by atoms with Crippen molar-refractivity contribution in [3.8, 4) is 6.57 Å². The lowest BCUT2D eigenvalue weighted by Gasteiger charge is -2.33. The number of anilines is 2. The van der Waals surface area contributed by atoms with E-state index in [1.807, 2.05) is 27.5 Å². The van der Waals surface area contributed by atoms with E-state index in [0.29, 0.717) is 44.0 Å². The van der Waals surface area contributed by atoms with Crippen LogP contribution in [0.2, 0.25) is 0 Å². The molecule has 1 atom stereocenters. The van der Waals surface area contributed by atoms with Gasteiger partial charge in [-0.25, -0.2) is 14.9 Å². The van der Waals surface area contributed by atoms with Gasteiger partial charge in [0.1, 0.15) is 11.5 Å². The summed E-state index contributed by atoms with van der Waals surface area (Å²) < 4.78 is 7.46. The molecule has 5 aliphatic rings. The Labute approximate surface area is 278 Å². The number of carbonyl (C=O) groups is 3. The van der Waals surface area contributed by atoms with Crippen LogP contribution in [0, 0.1) is 11.8 Å². The van der Waals surface area contributed by atoms with E-state index in [1.54, 1.807) is 12.3 Å². The maximum absolute atomic E-state index is 13.2. The number of hydrogen-bond donors (Lipinski definition) is 1. The normalized spacial score (nSPS) is 20.9. The van der Waals surface area contributed by atoms with Gasteiger partial charge >= 0.3 is 0 Å². The molecule has 0 aromatic carbocycles. The number of hydrogen-bond acceptors (Lipinski definition) is 9. The molecule has 13 nitrogen and oxygen atoms in total. The number of nitrogens with two attached hydrogens (primary N) is 1. The number of ether oxygens (including phenoxy) is 1. The number of nitrogens with zero attached hydrogens (tertiary/aromatic N) is 8. The second-order valence-corrected chi connectivity index (χ2v) is 12.7.